The van der Waals surface area contributed by atoms with Crippen LogP contribution in [0.1, 0.15) is 13.8 Å². The summed E-state index contributed by atoms with van der Waals surface area (Å²) >= 11 is 0. The molecule has 5 aromatic carbocycles. The quantitative estimate of drug-likeness (QED) is 0.176. The van der Waals surface area contributed by atoms with E-state index in [1.165, 1.54) is 35.4 Å². The van der Waals surface area contributed by atoms with Crippen molar-refractivity contribution in [3.05, 3.63) is 60.7 Å². The van der Waals surface area contributed by atoms with E-state index in [9.17, 15) is 9.59 Å². The second-order valence-electron chi connectivity index (χ2n) is 6.91. The van der Waals surface area contributed by atoms with Crippen LogP contribution in [0.15, 0.2) is 60.7 Å². The van der Waals surface area contributed by atoms with Crippen LogP contribution in [0.25, 0.3) is 43.1 Å². The summed E-state index contributed by atoms with van der Waals surface area (Å²) in [5.41, 5.74) is 0. The van der Waals surface area contributed by atoms with Crippen LogP contribution >= 0.6 is 0 Å². The van der Waals surface area contributed by atoms with Gasteiger partial charge in [-0.05, 0) is 55.9 Å². The van der Waals surface area contributed by atoms with Crippen LogP contribution in [0.3, 0.4) is 0 Å². The lowest BCUT2D eigenvalue weighted by atomic mass is 9.91. The highest BCUT2D eigenvalue weighted by Crippen LogP contribution is 2.43. The summed E-state index contributed by atoms with van der Waals surface area (Å²) in [6.45, 7) is 2.66. The van der Waals surface area contributed by atoms with Crippen LogP contribution in [0.5, 0.6) is 11.5 Å². The van der Waals surface area contributed by atoms with Crippen LogP contribution < -0.4 is 9.47 Å². The van der Waals surface area contributed by atoms with Gasteiger partial charge in [0.05, 0.1) is 0 Å². The molecule has 0 radical (unpaired) electrons. The highest BCUT2D eigenvalue weighted by atomic mass is 16.6. The fourth-order valence-corrected chi connectivity index (χ4v) is 4.05. The molecule has 0 spiro atoms. The Bertz CT molecular complexity index is 1400. The molecule has 0 bridgehead atoms. The number of fused-ring (bicyclic) bond motifs is 2. The van der Waals surface area contributed by atoms with Gasteiger partial charge in [-0.15, -0.1) is 0 Å². The zero-order valence-electron chi connectivity index (χ0n) is 15.4. The molecule has 0 aliphatic heterocycles. The molecule has 28 heavy (non-hydrogen) atoms. The van der Waals surface area contributed by atoms with Crippen molar-refractivity contribution >= 4 is 55.0 Å². The standard InChI is InChI=1S/C24H16O4/c1-13(25)27-21-11-10-18-19-9-8-16-5-3-4-15-6-7-17(23(19)22(15)16)12-20(18)24(21)28-14(2)26/h3-12H,1-2H3. The Morgan fingerprint density at radius 3 is 2.00 bits per heavy atom. The molecule has 0 saturated carbocycles. The molecule has 0 aliphatic rings. The van der Waals surface area contributed by atoms with Crippen LogP contribution in [0.4, 0.5) is 0 Å². The highest BCUT2D eigenvalue weighted by molar-refractivity contribution is 6.29. The van der Waals surface area contributed by atoms with Gasteiger partial charge in [-0.2, -0.15) is 0 Å². The van der Waals surface area contributed by atoms with E-state index in [-0.39, 0.29) is 11.5 Å². The number of hydrogen-bond acceptors (Lipinski definition) is 4. The molecule has 0 N–H and O–H groups in total. The minimum Gasteiger partial charge on any atom is -0.423 e. The molecule has 4 nitrogen and oxygen atoms in total. The Balaban J connectivity index is 1.96. The topological polar surface area (TPSA) is 52.6 Å². The molecule has 0 atom stereocenters. The molecule has 0 fully saturated rings. The number of hydrogen-bond donors (Lipinski definition) is 0. The molecule has 5 rings (SSSR count). The summed E-state index contributed by atoms with van der Waals surface area (Å²) < 4.78 is 10.8. The smallest absolute Gasteiger partial charge is 0.308 e. The van der Waals surface area contributed by atoms with Gasteiger partial charge in [0.2, 0.25) is 0 Å². The number of carbonyl (C=O) groups excluding carboxylic acids is 2. The molecule has 136 valence electrons. The first-order valence-electron chi connectivity index (χ1n) is 9.03. The van der Waals surface area contributed by atoms with Crippen molar-refractivity contribution in [1.82, 2.24) is 0 Å². The van der Waals surface area contributed by atoms with Crippen molar-refractivity contribution in [3.8, 4) is 11.5 Å². The second-order valence-corrected chi connectivity index (χ2v) is 6.91. The van der Waals surface area contributed by atoms with Crippen LogP contribution in [0.2, 0.25) is 0 Å². The van der Waals surface area contributed by atoms with Crippen molar-refractivity contribution in [2.45, 2.75) is 13.8 Å². The number of carbonyl (C=O) groups is 2. The molecule has 0 aliphatic carbocycles. The van der Waals surface area contributed by atoms with E-state index in [0.29, 0.717) is 0 Å². The Morgan fingerprint density at radius 1 is 0.643 bits per heavy atom. The molecular weight excluding hydrogens is 352 g/mol. The summed E-state index contributed by atoms with van der Waals surface area (Å²) in [5, 5.41) is 8.56. The number of benzene rings is 5. The molecule has 0 heterocycles. The molecular formula is C24H16O4. The highest BCUT2D eigenvalue weighted by Gasteiger charge is 2.18. The largest absolute Gasteiger partial charge is 0.423 e. The molecule has 5 aromatic rings. The Labute approximate surface area is 160 Å². The van der Waals surface area contributed by atoms with Gasteiger partial charge in [0.1, 0.15) is 0 Å². The predicted octanol–water partition coefficient (Wildman–Crippen LogP) is 5.59. The first kappa shape index (κ1) is 16.5. The van der Waals surface area contributed by atoms with Crippen molar-refractivity contribution in [2.24, 2.45) is 0 Å². The lowest BCUT2D eigenvalue weighted by Gasteiger charge is -2.16. The lowest BCUT2D eigenvalue weighted by Crippen LogP contribution is -2.07. The van der Waals surface area contributed by atoms with E-state index < -0.39 is 11.9 Å². The van der Waals surface area contributed by atoms with Gasteiger partial charge in [0, 0.05) is 19.2 Å². The van der Waals surface area contributed by atoms with E-state index in [0.717, 1.165) is 21.5 Å². The number of esters is 2. The third-order valence-corrected chi connectivity index (χ3v) is 5.06. The first-order valence-corrected chi connectivity index (χ1v) is 9.03. The summed E-state index contributed by atoms with van der Waals surface area (Å²) in [6, 6.07) is 20.2. The van der Waals surface area contributed by atoms with Gasteiger partial charge in [-0.3, -0.25) is 9.59 Å². The van der Waals surface area contributed by atoms with Crippen LogP contribution in [-0.4, -0.2) is 11.9 Å². The van der Waals surface area contributed by atoms with Crippen LogP contribution in [0, 0.1) is 0 Å². The second kappa shape index (κ2) is 5.92. The zero-order chi connectivity index (χ0) is 19.4. The monoisotopic (exact) mass is 368 g/mol. The Kier molecular flexibility index (Phi) is 3.49. The van der Waals surface area contributed by atoms with Gasteiger partial charge in [-0.1, -0.05) is 42.5 Å². The normalized spacial score (nSPS) is 11.5. The molecule has 0 saturated heterocycles. The maximum absolute atomic E-state index is 11.7. The Hall–Kier alpha value is -3.66. The van der Waals surface area contributed by atoms with Crippen molar-refractivity contribution in [1.29, 1.82) is 0 Å². The van der Waals surface area contributed by atoms with E-state index in [2.05, 4.69) is 42.5 Å². The third-order valence-electron chi connectivity index (χ3n) is 5.06. The number of ether oxygens (including phenoxy) is 2. The van der Waals surface area contributed by atoms with E-state index in [1.807, 2.05) is 12.1 Å². The molecule has 0 amide bonds. The summed E-state index contributed by atoms with van der Waals surface area (Å²) in [7, 11) is 0. The number of rotatable bonds is 2. The molecule has 4 heteroatoms. The fraction of sp³-hybridized carbons (Fsp3) is 0.0833. The van der Waals surface area contributed by atoms with Crippen molar-refractivity contribution in [2.75, 3.05) is 0 Å². The zero-order valence-corrected chi connectivity index (χ0v) is 15.4. The van der Waals surface area contributed by atoms with E-state index in [1.54, 1.807) is 6.07 Å². The van der Waals surface area contributed by atoms with Gasteiger partial charge in [-0.25, -0.2) is 0 Å². The van der Waals surface area contributed by atoms with Gasteiger partial charge < -0.3 is 9.47 Å². The lowest BCUT2D eigenvalue weighted by molar-refractivity contribution is -0.134. The SMILES string of the molecule is CC(=O)Oc1ccc2c(cc3ccc4cccc5ccc2c3c45)c1OC(C)=O. The summed E-state index contributed by atoms with van der Waals surface area (Å²) in [4.78, 5) is 23.2. The average molecular weight is 368 g/mol. The van der Waals surface area contributed by atoms with Crippen molar-refractivity contribution < 1.29 is 19.1 Å². The third kappa shape index (κ3) is 2.38. The minimum atomic E-state index is -0.467. The average Bonchev–Trinajstić information content (AvgIpc) is 2.67. The minimum absolute atomic E-state index is 0.239. The summed E-state index contributed by atoms with van der Waals surface area (Å²) in [5.74, 6) is -0.426. The van der Waals surface area contributed by atoms with Gasteiger partial charge >= 0.3 is 11.9 Å². The van der Waals surface area contributed by atoms with Crippen molar-refractivity contribution in [3.63, 3.8) is 0 Å². The van der Waals surface area contributed by atoms with Gasteiger partial charge in [0.15, 0.2) is 11.5 Å². The fourth-order valence-electron chi connectivity index (χ4n) is 4.05. The predicted molar refractivity (Wildman–Crippen MR) is 110 cm³/mol. The maximum atomic E-state index is 11.7. The van der Waals surface area contributed by atoms with E-state index >= 15 is 0 Å². The maximum Gasteiger partial charge on any atom is 0.308 e. The Morgan fingerprint density at radius 2 is 1.29 bits per heavy atom. The first-order chi connectivity index (χ1) is 13.5. The summed E-state index contributed by atoms with van der Waals surface area (Å²) in [6.07, 6.45) is 0. The molecule has 0 aromatic heterocycles. The van der Waals surface area contributed by atoms with E-state index in [4.69, 9.17) is 9.47 Å². The van der Waals surface area contributed by atoms with Crippen LogP contribution in [-0.2, 0) is 9.59 Å². The molecule has 0 unspecified atom stereocenters. The van der Waals surface area contributed by atoms with Gasteiger partial charge in [0.25, 0.3) is 0 Å².